The van der Waals surface area contributed by atoms with Gasteiger partial charge in [0.1, 0.15) is 11.5 Å². The van der Waals surface area contributed by atoms with Gasteiger partial charge in [0.15, 0.2) is 12.8 Å². The lowest BCUT2D eigenvalue weighted by atomic mass is 10.3. The number of amides is 1. The standard InChI is InChI=1S/C22H21Cl2N5O4/c1-27(16-9-4-12(23)11-15(16)24)22(32)33-10-2-3-17-25-18-19(26-17)28(13-5-6-13)21(31)29(20(18)30)14-7-8-14/h4,9,11,13-14,17,25-26H,5-8,10H2,1H3. The Labute approximate surface area is 199 Å². The van der Waals surface area contributed by atoms with Gasteiger partial charge < -0.3 is 15.4 Å². The van der Waals surface area contributed by atoms with E-state index >= 15 is 0 Å². The Morgan fingerprint density at radius 3 is 2.52 bits per heavy atom. The van der Waals surface area contributed by atoms with Crippen molar-refractivity contribution < 1.29 is 9.53 Å². The van der Waals surface area contributed by atoms with Crippen LogP contribution in [-0.4, -0.2) is 35.0 Å². The van der Waals surface area contributed by atoms with Crippen LogP contribution in [0.25, 0.3) is 0 Å². The van der Waals surface area contributed by atoms with Gasteiger partial charge in [0.05, 0.1) is 10.7 Å². The van der Waals surface area contributed by atoms with E-state index in [4.69, 9.17) is 27.9 Å². The summed E-state index contributed by atoms with van der Waals surface area (Å²) in [5.41, 5.74) is 0.240. The second-order valence-electron chi connectivity index (χ2n) is 8.27. The van der Waals surface area contributed by atoms with Crippen molar-refractivity contribution in [2.75, 3.05) is 29.2 Å². The molecule has 1 aromatic carbocycles. The number of carbonyl (C=O) groups excluding carboxylic acids is 1. The Morgan fingerprint density at radius 2 is 1.85 bits per heavy atom. The molecule has 0 bridgehead atoms. The van der Waals surface area contributed by atoms with Crippen molar-refractivity contribution in [3.8, 4) is 11.8 Å². The summed E-state index contributed by atoms with van der Waals surface area (Å²) < 4.78 is 8.24. The molecule has 2 saturated carbocycles. The van der Waals surface area contributed by atoms with Crippen molar-refractivity contribution in [1.29, 1.82) is 0 Å². The molecule has 2 heterocycles. The molecule has 1 amide bonds. The summed E-state index contributed by atoms with van der Waals surface area (Å²) in [6.45, 7) is -0.160. The fourth-order valence-corrected chi connectivity index (χ4v) is 4.35. The van der Waals surface area contributed by atoms with Gasteiger partial charge in [-0.25, -0.2) is 9.59 Å². The van der Waals surface area contributed by atoms with E-state index in [0.29, 0.717) is 27.2 Å². The maximum absolute atomic E-state index is 12.9. The molecule has 172 valence electrons. The van der Waals surface area contributed by atoms with Crippen LogP contribution in [0, 0.1) is 11.8 Å². The summed E-state index contributed by atoms with van der Waals surface area (Å²) in [5, 5.41) is 6.98. The first-order valence-corrected chi connectivity index (χ1v) is 11.4. The molecule has 1 aromatic heterocycles. The van der Waals surface area contributed by atoms with Crippen molar-refractivity contribution in [2.24, 2.45) is 0 Å². The number of ether oxygens (including phenoxy) is 1. The predicted molar refractivity (Wildman–Crippen MR) is 127 cm³/mol. The van der Waals surface area contributed by atoms with E-state index in [1.807, 2.05) is 0 Å². The zero-order chi connectivity index (χ0) is 23.3. The van der Waals surface area contributed by atoms with Gasteiger partial charge in [-0.05, 0) is 43.9 Å². The average molecular weight is 490 g/mol. The number of benzene rings is 1. The van der Waals surface area contributed by atoms with Crippen molar-refractivity contribution in [3.63, 3.8) is 0 Å². The van der Waals surface area contributed by atoms with E-state index in [0.717, 1.165) is 25.7 Å². The number of carbonyl (C=O) groups is 1. The van der Waals surface area contributed by atoms with Gasteiger partial charge >= 0.3 is 11.8 Å². The molecule has 9 nitrogen and oxygen atoms in total. The van der Waals surface area contributed by atoms with Gasteiger partial charge in [0.25, 0.3) is 5.56 Å². The maximum Gasteiger partial charge on any atom is 0.415 e. The number of halogens is 2. The van der Waals surface area contributed by atoms with Crippen molar-refractivity contribution in [2.45, 2.75) is 43.9 Å². The number of hydrogen-bond acceptors (Lipinski definition) is 6. The van der Waals surface area contributed by atoms with Crippen LogP contribution in [0.4, 0.5) is 22.0 Å². The maximum atomic E-state index is 12.9. The average Bonchev–Trinajstić information content (AvgIpc) is 3.70. The Hall–Kier alpha value is -3.09. The van der Waals surface area contributed by atoms with E-state index in [9.17, 15) is 14.4 Å². The van der Waals surface area contributed by atoms with Crippen molar-refractivity contribution in [1.82, 2.24) is 9.13 Å². The molecule has 5 rings (SSSR count). The predicted octanol–water partition coefficient (Wildman–Crippen LogP) is 3.43. The topological polar surface area (TPSA) is 97.6 Å². The van der Waals surface area contributed by atoms with Crippen LogP contribution >= 0.6 is 23.2 Å². The lowest BCUT2D eigenvalue weighted by Crippen LogP contribution is -2.39. The number of hydrogen-bond donors (Lipinski definition) is 2. The number of nitrogens with zero attached hydrogens (tertiary/aromatic N) is 3. The minimum Gasteiger partial charge on any atom is -0.436 e. The molecule has 1 aliphatic heterocycles. The lowest BCUT2D eigenvalue weighted by Gasteiger charge is -2.17. The van der Waals surface area contributed by atoms with E-state index in [-0.39, 0.29) is 29.9 Å². The fraction of sp³-hybridized carbons (Fsp3) is 0.409. The van der Waals surface area contributed by atoms with Crippen LogP contribution in [0.1, 0.15) is 37.8 Å². The fourth-order valence-electron chi connectivity index (χ4n) is 3.82. The van der Waals surface area contributed by atoms with Crippen LogP contribution in [0.5, 0.6) is 0 Å². The van der Waals surface area contributed by atoms with Gasteiger partial charge in [0, 0.05) is 24.2 Å². The second kappa shape index (κ2) is 8.36. The number of nitrogens with one attached hydrogen (secondary N) is 2. The normalized spacial score (nSPS) is 18.5. The summed E-state index contributed by atoms with van der Waals surface area (Å²) in [7, 11) is 1.53. The van der Waals surface area contributed by atoms with Crippen LogP contribution < -0.4 is 26.8 Å². The molecule has 2 fully saturated rings. The highest BCUT2D eigenvalue weighted by atomic mass is 35.5. The second-order valence-corrected chi connectivity index (χ2v) is 9.11. The third kappa shape index (κ3) is 4.16. The van der Waals surface area contributed by atoms with Crippen LogP contribution in [0.3, 0.4) is 0 Å². The number of fused-ring (bicyclic) bond motifs is 1. The first-order chi connectivity index (χ1) is 15.8. The number of anilines is 3. The molecular weight excluding hydrogens is 469 g/mol. The highest BCUT2D eigenvalue weighted by Gasteiger charge is 2.37. The molecule has 0 spiro atoms. The summed E-state index contributed by atoms with van der Waals surface area (Å²) in [4.78, 5) is 39.4. The molecule has 2 aliphatic carbocycles. The lowest BCUT2D eigenvalue weighted by molar-refractivity contribution is 0.169. The van der Waals surface area contributed by atoms with Crippen molar-refractivity contribution in [3.05, 3.63) is 49.1 Å². The number of rotatable bonds is 4. The molecule has 33 heavy (non-hydrogen) atoms. The summed E-state index contributed by atoms with van der Waals surface area (Å²) in [6, 6.07) is 4.87. The van der Waals surface area contributed by atoms with Gasteiger partial charge in [-0.1, -0.05) is 35.0 Å². The zero-order valence-electron chi connectivity index (χ0n) is 17.7. The molecule has 0 radical (unpaired) electrons. The molecule has 3 aliphatic rings. The molecule has 1 unspecified atom stereocenters. The highest BCUT2D eigenvalue weighted by Crippen LogP contribution is 2.40. The summed E-state index contributed by atoms with van der Waals surface area (Å²) in [6.07, 6.45) is 2.31. The zero-order valence-corrected chi connectivity index (χ0v) is 19.2. The van der Waals surface area contributed by atoms with Gasteiger partial charge in [-0.15, -0.1) is 0 Å². The molecular formula is C22H21Cl2N5O4. The molecule has 2 N–H and O–H groups in total. The highest BCUT2D eigenvalue weighted by molar-refractivity contribution is 6.36. The van der Waals surface area contributed by atoms with Crippen molar-refractivity contribution >= 4 is 46.5 Å². The first kappa shape index (κ1) is 21.7. The Morgan fingerprint density at radius 1 is 1.15 bits per heavy atom. The molecule has 2 aromatic rings. The van der Waals surface area contributed by atoms with Crippen LogP contribution in [0.2, 0.25) is 10.0 Å². The third-order valence-electron chi connectivity index (χ3n) is 5.78. The summed E-state index contributed by atoms with van der Waals surface area (Å²) >= 11 is 12.0. The minimum atomic E-state index is -0.626. The molecule has 11 heteroatoms. The van der Waals surface area contributed by atoms with E-state index in [1.165, 1.54) is 22.6 Å². The monoisotopic (exact) mass is 489 g/mol. The third-order valence-corrected chi connectivity index (χ3v) is 6.31. The SMILES string of the molecule is CN(C(=O)OCC#CC1Nc2c(n(C3CC3)c(=O)n(C3CC3)c2=O)N1)c1ccc(Cl)cc1Cl. The van der Waals surface area contributed by atoms with Gasteiger partial charge in [-0.2, -0.15) is 0 Å². The Kier molecular flexibility index (Phi) is 5.51. The summed E-state index contributed by atoms with van der Waals surface area (Å²) in [5.74, 6) is 6.16. The largest absolute Gasteiger partial charge is 0.436 e. The quantitative estimate of drug-likeness (QED) is 0.638. The van der Waals surface area contributed by atoms with Crippen LogP contribution in [-0.2, 0) is 4.74 Å². The molecule has 1 atom stereocenters. The Bertz CT molecular complexity index is 1320. The van der Waals surface area contributed by atoms with E-state index in [2.05, 4.69) is 22.5 Å². The molecule has 0 saturated heterocycles. The van der Waals surface area contributed by atoms with E-state index < -0.39 is 12.3 Å². The smallest absolute Gasteiger partial charge is 0.415 e. The van der Waals surface area contributed by atoms with E-state index in [1.54, 1.807) is 16.7 Å². The first-order valence-electron chi connectivity index (χ1n) is 10.6. The Balaban J connectivity index is 1.26. The number of aromatic nitrogens is 2. The van der Waals surface area contributed by atoms with Gasteiger partial charge in [0.2, 0.25) is 0 Å². The minimum absolute atomic E-state index is 0.0159. The van der Waals surface area contributed by atoms with Gasteiger partial charge in [-0.3, -0.25) is 18.8 Å². The van der Waals surface area contributed by atoms with Crippen LogP contribution in [0.15, 0.2) is 27.8 Å².